The maximum absolute atomic E-state index is 4.04. The molecule has 0 bridgehead atoms. The van der Waals surface area contributed by atoms with Gasteiger partial charge in [-0.3, -0.25) is 0 Å². The molecule has 0 radical (unpaired) electrons. The largest absolute Gasteiger partial charge is 0.201 e. The molecule has 1 heterocycles. The van der Waals surface area contributed by atoms with E-state index < -0.39 is 0 Å². The van der Waals surface area contributed by atoms with Gasteiger partial charge in [0.1, 0.15) is 0 Å². The minimum atomic E-state index is 0.805. The van der Waals surface area contributed by atoms with E-state index in [1.807, 2.05) is 6.20 Å². The number of aromatic nitrogens is 1. The molecule has 56 valence electrons. The van der Waals surface area contributed by atoms with Crippen LogP contribution in [0.3, 0.4) is 0 Å². The van der Waals surface area contributed by atoms with Crippen molar-refractivity contribution in [1.29, 1.82) is 0 Å². The van der Waals surface area contributed by atoms with Crippen LogP contribution in [0.2, 0.25) is 0 Å². The van der Waals surface area contributed by atoms with Crippen molar-refractivity contribution in [2.75, 3.05) is 0 Å². The van der Waals surface area contributed by atoms with Crippen molar-refractivity contribution in [2.24, 2.45) is 5.92 Å². The molecule has 0 atom stereocenters. The SMILES string of the molecule is CC(C)CCc1cnsc1. The Morgan fingerprint density at radius 1 is 1.60 bits per heavy atom. The van der Waals surface area contributed by atoms with Gasteiger partial charge in [-0.25, -0.2) is 4.37 Å². The van der Waals surface area contributed by atoms with Crippen LogP contribution in [-0.2, 0) is 6.42 Å². The van der Waals surface area contributed by atoms with E-state index in [2.05, 4.69) is 23.6 Å². The Bertz CT molecular complexity index is 167. The first-order valence-electron chi connectivity index (χ1n) is 3.67. The van der Waals surface area contributed by atoms with E-state index in [4.69, 9.17) is 0 Å². The minimum absolute atomic E-state index is 0.805. The fraction of sp³-hybridized carbons (Fsp3) is 0.625. The van der Waals surface area contributed by atoms with E-state index in [1.165, 1.54) is 18.4 Å². The summed E-state index contributed by atoms with van der Waals surface area (Å²) in [6.45, 7) is 4.50. The normalized spacial score (nSPS) is 10.7. The van der Waals surface area contributed by atoms with Gasteiger partial charge in [-0.05, 0) is 35.9 Å². The lowest BCUT2D eigenvalue weighted by molar-refractivity contribution is 0.587. The predicted molar refractivity (Wildman–Crippen MR) is 45.3 cm³/mol. The zero-order chi connectivity index (χ0) is 7.40. The molecule has 0 N–H and O–H groups in total. The van der Waals surface area contributed by atoms with Gasteiger partial charge in [-0.2, -0.15) is 0 Å². The number of rotatable bonds is 3. The van der Waals surface area contributed by atoms with Crippen molar-refractivity contribution in [1.82, 2.24) is 4.37 Å². The van der Waals surface area contributed by atoms with E-state index in [0.717, 1.165) is 5.92 Å². The Kier molecular flexibility index (Phi) is 2.87. The molecule has 0 aliphatic heterocycles. The molecule has 1 aromatic heterocycles. The number of aryl methyl sites for hydroxylation is 1. The maximum Gasteiger partial charge on any atom is 0.0438 e. The van der Waals surface area contributed by atoms with Gasteiger partial charge in [0, 0.05) is 11.6 Å². The van der Waals surface area contributed by atoms with E-state index in [1.54, 1.807) is 11.5 Å². The van der Waals surface area contributed by atoms with Gasteiger partial charge in [0.15, 0.2) is 0 Å². The first-order chi connectivity index (χ1) is 4.79. The van der Waals surface area contributed by atoms with Gasteiger partial charge in [-0.1, -0.05) is 13.8 Å². The van der Waals surface area contributed by atoms with Crippen molar-refractivity contribution in [2.45, 2.75) is 26.7 Å². The van der Waals surface area contributed by atoms with Gasteiger partial charge in [-0.15, -0.1) is 0 Å². The summed E-state index contributed by atoms with van der Waals surface area (Å²) in [5, 5.41) is 2.13. The Morgan fingerprint density at radius 2 is 2.40 bits per heavy atom. The lowest BCUT2D eigenvalue weighted by Gasteiger charge is -2.00. The van der Waals surface area contributed by atoms with Crippen LogP contribution in [0.1, 0.15) is 25.8 Å². The summed E-state index contributed by atoms with van der Waals surface area (Å²) in [7, 11) is 0. The summed E-state index contributed by atoms with van der Waals surface area (Å²) >= 11 is 1.54. The fourth-order valence-corrected chi connectivity index (χ4v) is 1.38. The van der Waals surface area contributed by atoms with Crippen LogP contribution in [0.25, 0.3) is 0 Å². The second-order valence-corrected chi connectivity index (χ2v) is 3.62. The van der Waals surface area contributed by atoms with Gasteiger partial charge in [0.25, 0.3) is 0 Å². The van der Waals surface area contributed by atoms with Crippen LogP contribution in [0.15, 0.2) is 11.6 Å². The molecule has 1 rings (SSSR count). The molecule has 0 saturated heterocycles. The quantitative estimate of drug-likeness (QED) is 0.654. The molecule has 10 heavy (non-hydrogen) atoms. The van der Waals surface area contributed by atoms with E-state index in [-0.39, 0.29) is 0 Å². The topological polar surface area (TPSA) is 12.9 Å². The molecule has 0 aliphatic carbocycles. The lowest BCUT2D eigenvalue weighted by atomic mass is 10.1. The van der Waals surface area contributed by atoms with Crippen LogP contribution in [0, 0.1) is 5.92 Å². The Hall–Kier alpha value is -0.370. The summed E-state index contributed by atoms with van der Waals surface area (Å²) in [6.07, 6.45) is 4.43. The Balaban J connectivity index is 2.28. The van der Waals surface area contributed by atoms with Crippen LogP contribution in [-0.4, -0.2) is 4.37 Å². The highest BCUT2D eigenvalue weighted by molar-refractivity contribution is 7.03. The number of hydrogen-bond donors (Lipinski definition) is 0. The summed E-state index contributed by atoms with van der Waals surface area (Å²) in [5.41, 5.74) is 1.39. The first-order valence-corrected chi connectivity index (χ1v) is 4.51. The van der Waals surface area contributed by atoms with Crippen LogP contribution in [0.5, 0.6) is 0 Å². The standard InChI is InChI=1S/C8H13NS/c1-7(2)3-4-8-5-9-10-6-8/h5-7H,3-4H2,1-2H3. The van der Waals surface area contributed by atoms with Gasteiger partial charge in [0.05, 0.1) is 0 Å². The van der Waals surface area contributed by atoms with Gasteiger partial charge in [0.2, 0.25) is 0 Å². The Morgan fingerprint density at radius 3 is 2.90 bits per heavy atom. The van der Waals surface area contributed by atoms with Gasteiger partial charge < -0.3 is 0 Å². The summed E-state index contributed by atoms with van der Waals surface area (Å²) in [5.74, 6) is 0.805. The highest BCUT2D eigenvalue weighted by Crippen LogP contribution is 2.09. The molecule has 0 fully saturated rings. The zero-order valence-corrected chi connectivity index (χ0v) is 7.32. The second kappa shape index (κ2) is 3.71. The van der Waals surface area contributed by atoms with E-state index in [9.17, 15) is 0 Å². The number of hydrogen-bond acceptors (Lipinski definition) is 2. The molecule has 0 amide bonds. The van der Waals surface area contributed by atoms with E-state index in [0.29, 0.717) is 0 Å². The van der Waals surface area contributed by atoms with Crippen LogP contribution < -0.4 is 0 Å². The van der Waals surface area contributed by atoms with E-state index >= 15 is 0 Å². The van der Waals surface area contributed by atoms with Crippen molar-refractivity contribution in [3.63, 3.8) is 0 Å². The number of nitrogens with zero attached hydrogens (tertiary/aromatic N) is 1. The summed E-state index contributed by atoms with van der Waals surface area (Å²) in [4.78, 5) is 0. The summed E-state index contributed by atoms with van der Waals surface area (Å²) in [6, 6.07) is 0. The molecular weight excluding hydrogens is 142 g/mol. The van der Waals surface area contributed by atoms with Crippen molar-refractivity contribution in [3.8, 4) is 0 Å². The summed E-state index contributed by atoms with van der Waals surface area (Å²) < 4.78 is 4.04. The monoisotopic (exact) mass is 155 g/mol. The zero-order valence-electron chi connectivity index (χ0n) is 6.50. The molecule has 1 nitrogen and oxygen atoms in total. The third kappa shape index (κ3) is 2.48. The lowest BCUT2D eigenvalue weighted by Crippen LogP contribution is -1.89. The average Bonchev–Trinajstić information content (AvgIpc) is 2.34. The molecule has 0 unspecified atom stereocenters. The molecule has 0 saturated carbocycles. The smallest absolute Gasteiger partial charge is 0.0438 e. The fourth-order valence-electron chi connectivity index (χ4n) is 0.805. The highest BCUT2D eigenvalue weighted by Gasteiger charge is 1.96. The molecule has 1 aromatic rings. The van der Waals surface area contributed by atoms with Crippen molar-refractivity contribution < 1.29 is 0 Å². The molecule has 0 aliphatic rings. The molecule has 0 aromatic carbocycles. The highest BCUT2D eigenvalue weighted by atomic mass is 32.1. The minimum Gasteiger partial charge on any atom is -0.201 e. The molecular formula is C8H13NS. The second-order valence-electron chi connectivity index (χ2n) is 2.97. The Labute approximate surface area is 66.3 Å². The third-order valence-electron chi connectivity index (χ3n) is 1.49. The average molecular weight is 155 g/mol. The predicted octanol–water partition coefficient (Wildman–Crippen LogP) is 2.73. The van der Waals surface area contributed by atoms with Crippen LogP contribution >= 0.6 is 11.5 Å². The van der Waals surface area contributed by atoms with Crippen molar-refractivity contribution >= 4 is 11.5 Å². The first kappa shape index (κ1) is 7.73. The molecule has 2 heteroatoms. The van der Waals surface area contributed by atoms with Gasteiger partial charge >= 0.3 is 0 Å². The third-order valence-corrected chi connectivity index (χ3v) is 2.13. The van der Waals surface area contributed by atoms with Crippen molar-refractivity contribution in [3.05, 3.63) is 17.1 Å². The molecule has 0 spiro atoms. The maximum atomic E-state index is 4.04. The van der Waals surface area contributed by atoms with Crippen LogP contribution in [0.4, 0.5) is 0 Å².